The first-order chi connectivity index (χ1) is 11.7. The molecule has 1 aromatic heterocycles. The van der Waals surface area contributed by atoms with Gasteiger partial charge in [-0.15, -0.1) is 0 Å². The molecule has 2 aromatic rings. The van der Waals surface area contributed by atoms with Crippen LogP contribution in [0.1, 0.15) is 35.9 Å². The monoisotopic (exact) mass is 327 g/mol. The van der Waals surface area contributed by atoms with Gasteiger partial charge >= 0.3 is 0 Å². The van der Waals surface area contributed by atoms with Gasteiger partial charge in [-0.2, -0.15) is 5.26 Å². The number of rotatable bonds is 6. The predicted octanol–water partition coefficient (Wildman–Crippen LogP) is 2.43. The molecule has 0 spiro atoms. The number of hydrogen-bond donors (Lipinski definition) is 1. The second kappa shape index (κ2) is 7.47. The highest BCUT2D eigenvalue weighted by Gasteiger charge is 2.30. The van der Waals surface area contributed by atoms with E-state index in [4.69, 9.17) is 14.5 Å². The van der Waals surface area contributed by atoms with Crippen LogP contribution in [0.5, 0.6) is 5.75 Å². The average Bonchev–Trinajstić information content (AvgIpc) is 3.22. The molecule has 1 saturated heterocycles. The van der Waals surface area contributed by atoms with E-state index < -0.39 is 6.10 Å². The summed E-state index contributed by atoms with van der Waals surface area (Å²) in [5.74, 6) is 1.52. The Morgan fingerprint density at radius 3 is 2.92 bits per heavy atom. The highest BCUT2D eigenvalue weighted by molar-refractivity contribution is 5.34. The molecule has 1 aliphatic heterocycles. The third kappa shape index (κ3) is 3.94. The van der Waals surface area contributed by atoms with Crippen molar-refractivity contribution in [1.82, 2.24) is 10.1 Å². The summed E-state index contributed by atoms with van der Waals surface area (Å²) < 4.78 is 11.0. The van der Waals surface area contributed by atoms with Gasteiger partial charge in [-0.1, -0.05) is 5.16 Å². The minimum absolute atomic E-state index is 0.177. The first-order valence-electron chi connectivity index (χ1n) is 8.14. The van der Waals surface area contributed by atoms with Crippen LogP contribution in [0.25, 0.3) is 0 Å². The topological polar surface area (TPSA) is 82.5 Å². The molecule has 2 atom stereocenters. The summed E-state index contributed by atoms with van der Waals surface area (Å²) in [7, 11) is 0. The Hall–Kier alpha value is -2.36. The first kappa shape index (κ1) is 16.5. The smallest absolute Gasteiger partial charge is 0.154 e. The second-order valence-corrected chi connectivity index (χ2v) is 6.12. The molecule has 0 bridgehead atoms. The number of nitriles is 1. The predicted molar refractivity (Wildman–Crippen MR) is 87.4 cm³/mol. The summed E-state index contributed by atoms with van der Waals surface area (Å²) in [5.41, 5.74) is 1.46. The van der Waals surface area contributed by atoms with E-state index in [1.165, 1.54) is 0 Å². The Bertz CT molecular complexity index is 705. The molecule has 126 valence electrons. The van der Waals surface area contributed by atoms with Crippen molar-refractivity contribution in [2.24, 2.45) is 0 Å². The van der Waals surface area contributed by atoms with Crippen LogP contribution >= 0.6 is 0 Å². The molecule has 1 fully saturated rings. The minimum atomic E-state index is -0.592. The summed E-state index contributed by atoms with van der Waals surface area (Å²) in [6.07, 6.45) is 1.50. The molecule has 0 saturated carbocycles. The number of aryl methyl sites for hydroxylation is 1. The van der Waals surface area contributed by atoms with Crippen molar-refractivity contribution in [3.8, 4) is 11.8 Å². The van der Waals surface area contributed by atoms with Gasteiger partial charge in [-0.3, -0.25) is 4.90 Å². The lowest BCUT2D eigenvalue weighted by atomic mass is 10.1. The highest BCUT2D eigenvalue weighted by Crippen LogP contribution is 2.32. The van der Waals surface area contributed by atoms with Crippen molar-refractivity contribution in [1.29, 1.82) is 5.26 Å². The fourth-order valence-electron chi connectivity index (χ4n) is 3.05. The third-order valence-corrected chi connectivity index (χ3v) is 4.21. The Morgan fingerprint density at radius 2 is 2.25 bits per heavy atom. The van der Waals surface area contributed by atoms with Gasteiger partial charge in [0, 0.05) is 12.6 Å². The van der Waals surface area contributed by atoms with E-state index in [2.05, 4.69) is 16.1 Å². The lowest BCUT2D eigenvalue weighted by molar-refractivity contribution is 0.0598. The van der Waals surface area contributed by atoms with Crippen LogP contribution in [0, 0.1) is 18.3 Å². The number of β-amino-alcohol motifs (C(OH)–C–C–N with tert-alkyl or cyclic N) is 1. The molecule has 0 amide bonds. The van der Waals surface area contributed by atoms with Crippen LogP contribution in [0.3, 0.4) is 0 Å². The Balaban J connectivity index is 1.52. The third-order valence-electron chi connectivity index (χ3n) is 4.21. The summed E-state index contributed by atoms with van der Waals surface area (Å²) >= 11 is 0. The van der Waals surface area contributed by atoms with E-state index in [9.17, 15) is 5.11 Å². The van der Waals surface area contributed by atoms with Crippen LogP contribution in [-0.4, -0.2) is 41.0 Å². The molecule has 3 rings (SSSR count). The zero-order valence-corrected chi connectivity index (χ0v) is 13.7. The lowest BCUT2D eigenvalue weighted by Crippen LogP contribution is -2.35. The maximum atomic E-state index is 10.3. The zero-order chi connectivity index (χ0) is 16.9. The van der Waals surface area contributed by atoms with Gasteiger partial charge in [-0.05, 0) is 50.6 Å². The number of hydrogen-bond acceptors (Lipinski definition) is 6. The minimum Gasteiger partial charge on any atom is -0.491 e. The number of aromatic nitrogens is 1. The standard InChI is InChI=1S/C18H21N3O3/c1-13-9-18(24-20-13)17-3-2-8-21(17)11-15(22)12-23-16-6-4-14(10-19)5-7-16/h4-7,9,15,17,22H,2-3,8,11-12H2,1H3/t15-,17+/m0/s1. The molecule has 6 heteroatoms. The summed E-state index contributed by atoms with van der Waals surface area (Å²) in [6, 6.07) is 11.1. The molecule has 0 unspecified atom stereocenters. The Labute approximate surface area is 141 Å². The van der Waals surface area contributed by atoms with Gasteiger partial charge < -0.3 is 14.4 Å². The van der Waals surface area contributed by atoms with Crippen LogP contribution < -0.4 is 4.74 Å². The van der Waals surface area contributed by atoms with E-state index >= 15 is 0 Å². The molecular formula is C18H21N3O3. The first-order valence-corrected chi connectivity index (χ1v) is 8.14. The van der Waals surface area contributed by atoms with Crippen molar-refractivity contribution >= 4 is 0 Å². The van der Waals surface area contributed by atoms with E-state index in [1.54, 1.807) is 24.3 Å². The fraction of sp³-hybridized carbons (Fsp3) is 0.444. The average molecular weight is 327 g/mol. The van der Waals surface area contributed by atoms with Gasteiger partial charge in [0.25, 0.3) is 0 Å². The molecule has 1 N–H and O–H groups in total. The number of ether oxygens (including phenoxy) is 1. The van der Waals surface area contributed by atoms with Crippen LogP contribution in [0.2, 0.25) is 0 Å². The number of aliphatic hydroxyl groups is 1. The molecular weight excluding hydrogens is 306 g/mol. The second-order valence-electron chi connectivity index (χ2n) is 6.12. The quantitative estimate of drug-likeness (QED) is 0.877. The molecule has 0 aliphatic carbocycles. The highest BCUT2D eigenvalue weighted by atomic mass is 16.5. The van der Waals surface area contributed by atoms with Crippen LogP contribution in [0.4, 0.5) is 0 Å². The number of nitrogens with zero attached hydrogens (tertiary/aromatic N) is 3. The van der Waals surface area contributed by atoms with E-state index in [0.29, 0.717) is 17.9 Å². The summed E-state index contributed by atoms with van der Waals surface area (Å²) in [4.78, 5) is 2.22. The normalized spacial score (nSPS) is 19.1. The van der Waals surface area contributed by atoms with Gasteiger partial charge in [0.15, 0.2) is 5.76 Å². The van der Waals surface area contributed by atoms with Gasteiger partial charge in [-0.25, -0.2) is 0 Å². The zero-order valence-electron chi connectivity index (χ0n) is 13.7. The van der Waals surface area contributed by atoms with Crippen molar-refractivity contribution in [2.45, 2.75) is 31.9 Å². The van der Waals surface area contributed by atoms with E-state index in [1.807, 2.05) is 13.0 Å². The summed E-state index contributed by atoms with van der Waals surface area (Å²) in [5, 5.41) is 23.0. The van der Waals surface area contributed by atoms with Crippen LogP contribution in [0.15, 0.2) is 34.9 Å². The molecule has 1 aliphatic rings. The van der Waals surface area contributed by atoms with Gasteiger partial charge in [0.2, 0.25) is 0 Å². The summed E-state index contributed by atoms with van der Waals surface area (Å²) in [6.45, 7) is 3.58. The molecule has 6 nitrogen and oxygen atoms in total. The van der Waals surface area contributed by atoms with Gasteiger partial charge in [0.1, 0.15) is 18.5 Å². The number of likely N-dealkylation sites (tertiary alicyclic amines) is 1. The van der Waals surface area contributed by atoms with E-state index in [0.717, 1.165) is 30.8 Å². The van der Waals surface area contributed by atoms with Crippen molar-refractivity contribution < 1.29 is 14.4 Å². The molecule has 0 radical (unpaired) electrons. The van der Waals surface area contributed by atoms with E-state index in [-0.39, 0.29) is 12.6 Å². The van der Waals surface area contributed by atoms with Crippen molar-refractivity contribution in [3.05, 3.63) is 47.3 Å². The SMILES string of the molecule is Cc1cc([C@H]2CCCN2C[C@H](O)COc2ccc(C#N)cc2)on1. The maximum Gasteiger partial charge on any atom is 0.154 e. The molecule has 24 heavy (non-hydrogen) atoms. The van der Waals surface area contributed by atoms with Crippen molar-refractivity contribution in [3.63, 3.8) is 0 Å². The molecule has 1 aromatic carbocycles. The van der Waals surface area contributed by atoms with Gasteiger partial charge in [0.05, 0.1) is 23.4 Å². The fourth-order valence-corrected chi connectivity index (χ4v) is 3.05. The Morgan fingerprint density at radius 1 is 1.46 bits per heavy atom. The largest absolute Gasteiger partial charge is 0.491 e. The van der Waals surface area contributed by atoms with Crippen molar-refractivity contribution in [2.75, 3.05) is 19.7 Å². The van der Waals surface area contributed by atoms with Crippen LogP contribution in [-0.2, 0) is 0 Å². The number of aliphatic hydroxyl groups excluding tert-OH is 1. The lowest BCUT2D eigenvalue weighted by Gasteiger charge is -2.25. The number of benzene rings is 1. The molecule has 2 heterocycles. The maximum absolute atomic E-state index is 10.3. The Kier molecular flexibility index (Phi) is 5.14.